The van der Waals surface area contributed by atoms with E-state index in [0.717, 1.165) is 16.9 Å². The molecule has 2 N–H and O–H groups in total. The van der Waals surface area contributed by atoms with Gasteiger partial charge in [0.15, 0.2) is 5.78 Å². The van der Waals surface area contributed by atoms with E-state index < -0.39 is 12.0 Å². The van der Waals surface area contributed by atoms with E-state index in [9.17, 15) is 14.7 Å². The molecular weight excluding hydrogens is 426 g/mol. The highest BCUT2D eigenvalue weighted by Crippen LogP contribution is 2.19. The Bertz CT molecular complexity index is 1240. The summed E-state index contributed by atoms with van der Waals surface area (Å²) in [5, 5.41) is 12.8. The lowest BCUT2D eigenvalue weighted by atomic mass is 10.0. The molecule has 34 heavy (non-hydrogen) atoms. The minimum atomic E-state index is -0.968. The number of hydrogen-bond acceptors (Lipinski definition) is 4. The zero-order valence-electron chi connectivity index (χ0n) is 18.6. The van der Waals surface area contributed by atoms with Gasteiger partial charge in [0.2, 0.25) is 0 Å². The van der Waals surface area contributed by atoms with Crippen LogP contribution in [0, 0.1) is 0 Å². The first-order valence-electron chi connectivity index (χ1n) is 11.0. The van der Waals surface area contributed by atoms with E-state index in [-0.39, 0.29) is 12.2 Å². The van der Waals surface area contributed by atoms with Crippen LogP contribution in [0.5, 0.6) is 5.75 Å². The van der Waals surface area contributed by atoms with E-state index in [1.165, 1.54) is 0 Å². The van der Waals surface area contributed by atoms with Gasteiger partial charge in [-0.2, -0.15) is 0 Å². The summed E-state index contributed by atoms with van der Waals surface area (Å²) in [6, 6.07) is 32.4. The molecule has 1 atom stereocenters. The molecule has 0 fully saturated rings. The molecule has 0 aliphatic rings. The smallest absolute Gasteiger partial charge is 0.326 e. The first-order chi connectivity index (χ1) is 16.6. The van der Waals surface area contributed by atoms with Crippen molar-refractivity contribution in [2.75, 3.05) is 5.32 Å². The van der Waals surface area contributed by atoms with Gasteiger partial charge in [-0.25, -0.2) is 4.79 Å². The van der Waals surface area contributed by atoms with E-state index in [2.05, 4.69) is 5.32 Å². The lowest BCUT2D eigenvalue weighted by molar-refractivity contribution is -0.137. The van der Waals surface area contributed by atoms with E-state index >= 15 is 0 Å². The van der Waals surface area contributed by atoms with Crippen LogP contribution in [0.3, 0.4) is 0 Å². The highest BCUT2D eigenvalue weighted by atomic mass is 16.5. The molecule has 0 amide bonds. The fourth-order valence-electron chi connectivity index (χ4n) is 3.61. The molecule has 0 radical (unpaired) electrons. The van der Waals surface area contributed by atoms with Gasteiger partial charge in [0.05, 0.1) is 0 Å². The average molecular weight is 452 g/mol. The van der Waals surface area contributed by atoms with E-state index in [1.54, 1.807) is 36.4 Å². The Morgan fingerprint density at radius 3 is 2.06 bits per heavy atom. The number of anilines is 1. The third-order valence-corrected chi connectivity index (χ3v) is 5.41. The molecule has 0 saturated carbocycles. The summed E-state index contributed by atoms with van der Waals surface area (Å²) in [5.74, 6) is -0.356. The van der Waals surface area contributed by atoms with Crippen molar-refractivity contribution in [3.8, 4) is 5.75 Å². The SMILES string of the molecule is O=C(c1ccccc1)c1cccc(NC(Cc2ccc(OCc3ccccc3)cc2)C(=O)O)c1. The number of carboxylic acid groups (broad SMARTS) is 1. The lowest BCUT2D eigenvalue weighted by Crippen LogP contribution is -2.31. The highest BCUT2D eigenvalue weighted by molar-refractivity contribution is 6.09. The number of ether oxygens (including phenoxy) is 1. The molecule has 0 aromatic heterocycles. The van der Waals surface area contributed by atoms with Crippen LogP contribution in [-0.2, 0) is 17.8 Å². The summed E-state index contributed by atoms with van der Waals surface area (Å²) in [6.07, 6.45) is 0.283. The van der Waals surface area contributed by atoms with Crippen LogP contribution in [-0.4, -0.2) is 22.9 Å². The standard InChI is InChI=1S/C29H25NO4/c31-28(23-10-5-2-6-11-23)24-12-7-13-25(19-24)30-27(29(32)33)18-21-14-16-26(17-15-21)34-20-22-8-3-1-4-9-22/h1-17,19,27,30H,18,20H2,(H,32,33). The minimum Gasteiger partial charge on any atom is -0.489 e. The first-order valence-corrected chi connectivity index (χ1v) is 11.0. The van der Waals surface area contributed by atoms with Gasteiger partial charge in [-0.05, 0) is 35.4 Å². The summed E-state index contributed by atoms with van der Waals surface area (Å²) in [7, 11) is 0. The fraction of sp³-hybridized carbons (Fsp3) is 0.103. The maximum absolute atomic E-state index is 12.7. The number of carboxylic acids is 1. The normalized spacial score (nSPS) is 11.4. The second kappa shape index (κ2) is 11.0. The molecule has 0 saturated heterocycles. The summed E-state index contributed by atoms with van der Waals surface area (Å²) in [4.78, 5) is 24.6. The monoisotopic (exact) mass is 451 g/mol. The third-order valence-electron chi connectivity index (χ3n) is 5.41. The fourth-order valence-corrected chi connectivity index (χ4v) is 3.61. The van der Waals surface area contributed by atoms with Crippen molar-refractivity contribution in [1.82, 2.24) is 0 Å². The van der Waals surface area contributed by atoms with Gasteiger partial charge in [-0.15, -0.1) is 0 Å². The number of rotatable bonds is 10. The Morgan fingerprint density at radius 1 is 0.735 bits per heavy atom. The molecule has 170 valence electrons. The Morgan fingerprint density at radius 2 is 1.38 bits per heavy atom. The average Bonchev–Trinajstić information content (AvgIpc) is 2.88. The number of hydrogen-bond donors (Lipinski definition) is 2. The molecule has 5 nitrogen and oxygen atoms in total. The molecule has 5 heteroatoms. The molecule has 1 unspecified atom stereocenters. The molecular formula is C29H25NO4. The van der Waals surface area contributed by atoms with Crippen LogP contribution in [0.1, 0.15) is 27.0 Å². The number of ketones is 1. The topological polar surface area (TPSA) is 75.6 Å². The van der Waals surface area contributed by atoms with Crippen molar-refractivity contribution in [2.24, 2.45) is 0 Å². The molecule has 4 aromatic rings. The molecule has 0 heterocycles. The van der Waals surface area contributed by atoms with Gasteiger partial charge in [0, 0.05) is 23.2 Å². The van der Waals surface area contributed by atoms with E-state index in [1.807, 2.05) is 72.8 Å². The van der Waals surface area contributed by atoms with Crippen molar-refractivity contribution < 1.29 is 19.4 Å². The number of carbonyl (C=O) groups excluding carboxylic acids is 1. The van der Waals surface area contributed by atoms with Crippen LogP contribution in [0.25, 0.3) is 0 Å². The van der Waals surface area contributed by atoms with Gasteiger partial charge in [0.25, 0.3) is 0 Å². The molecule has 4 rings (SSSR count). The molecule has 0 spiro atoms. The van der Waals surface area contributed by atoms with E-state index in [0.29, 0.717) is 23.4 Å². The summed E-state index contributed by atoms with van der Waals surface area (Å²) < 4.78 is 5.80. The molecule has 0 aliphatic carbocycles. The Kier molecular flexibility index (Phi) is 7.35. The van der Waals surface area contributed by atoms with Gasteiger partial charge >= 0.3 is 5.97 Å². The predicted molar refractivity (Wildman–Crippen MR) is 132 cm³/mol. The number of nitrogens with one attached hydrogen (secondary N) is 1. The van der Waals surface area contributed by atoms with Gasteiger partial charge in [-0.3, -0.25) is 4.79 Å². The first kappa shape index (κ1) is 22.8. The number of aliphatic carboxylic acids is 1. The Hall–Kier alpha value is -4.38. The quantitative estimate of drug-likeness (QED) is 0.307. The second-order valence-electron chi connectivity index (χ2n) is 7.93. The minimum absolute atomic E-state index is 0.109. The van der Waals surface area contributed by atoms with Crippen molar-refractivity contribution in [3.63, 3.8) is 0 Å². The van der Waals surface area contributed by atoms with Crippen molar-refractivity contribution in [3.05, 3.63) is 131 Å². The number of carbonyl (C=O) groups is 2. The van der Waals surface area contributed by atoms with Gasteiger partial charge in [0.1, 0.15) is 18.4 Å². The largest absolute Gasteiger partial charge is 0.489 e. The van der Waals surface area contributed by atoms with Crippen LogP contribution >= 0.6 is 0 Å². The molecule has 0 bridgehead atoms. The third kappa shape index (κ3) is 6.11. The summed E-state index contributed by atoms with van der Waals surface area (Å²) in [6.45, 7) is 0.470. The predicted octanol–water partition coefficient (Wildman–Crippen LogP) is 5.60. The Labute approximate surface area is 198 Å². The van der Waals surface area contributed by atoms with Gasteiger partial charge < -0.3 is 15.2 Å². The van der Waals surface area contributed by atoms with Crippen LogP contribution in [0.2, 0.25) is 0 Å². The summed E-state index contributed by atoms with van der Waals surface area (Å²) >= 11 is 0. The van der Waals surface area contributed by atoms with Crippen LogP contribution in [0.15, 0.2) is 109 Å². The number of benzene rings is 4. The van der Waals surface area contributed by atoms with E-state index in [4.69, 9.17) is 4.74 Å². The summed E-state index contributed by atoms with van der Waals surface area (Å²) in [5.41, 5.74) is 3.61. The van der Waals surface area contributed by atoms with Crippen molar-refractivity contribution in [2.45, 2.75) is 19.1 Å². The lowest BCUT2D eigenvalue weighted by Gasteiger charge is -2.17. The molecule has 4 aromatic carbocycles. The highest BCUT2D eigenvalue weighted by Gasteiger charge is 2.19. The second-order valence-corrected chi connectivity index (χ2v) is 7.93. The zero-order chi connectivity index (χ0) is 23.8. The van der Waals surface area contributed by atoms with Crippen LogP contribution < -0.4 is 10.1 Å². The Balaban J connectivity index is 1.40. The van der Waals surface area contributed by atoms with Crippen molar-refractivity contribution >= 4 is 17.4 Å². The maximum atomic E-state index is 12.7. The molecule has 0 aliphatic heterocycles. The van der Waals surface area contributed by atoms with Gasteiger partial charge in [-0.1, -0.05) is 84.9 Å². The van der Waals surface area contributed by atoms with Crippen molar-refractivity contribution in [1.29, 1.82) is 0 Å². The van der Waals surface area contributed by atoms with Crippen LogP contribution in [0.4, 0.5) is 5.69 Å². The maximum Gasteiger partial charge on any atom is 0.326 e. The zero-order valence-corrected chi connectivity index (χ0v) is 18.6.